The van der Waals surface area contributed by atoms with E-state index in [1.807, 2.05) is 13.8 Å². The van der Waals surface area contributed by atoms with Crippen LogP contribution in [0.1, 0.15) is 41.0 Å². The summed E-state index contributed by atoms with van der Waals surface area (Å²) >= 11 is 0. The van der Waals surface area contributed by atoms with E-state index < -0.39 is 0 Å². The zero-order chi connectivity index (χ0) is 13.7. The van der Waals surface area contributed by atoms with Crippen molar-refractivity contribution >= 4 is 11.9 Å². The van der Waals surface area contributed by atoms with Crippen LogP contribution in [0.3, 0.4) is 0 Å². The first-order valence-electron chi connectivity index (χ1n) is 6.31. The Morgan fingerprint density at radius 2 is 1.78 bits per heavy atom. The van der Waals surface area contributed by atoms with Gasteiger partial charge in [0.05, 0.1) is 6.10 Å². The molecule has 6 heteroatoms. The molecule has 0 aliphatic heterocycles. The van der Waals surface area contributed by atoms with Gasteiger partial charge in [0.15, 0.2) is 0 Å². The highest BCUT2D eigenvalue weighted by atomic mass is 16.5. The molecule has 0 spiro atoms. The lowest BCUT2D eigenvalue weighted by Crippen LogP contribution is -2.20. The number of nitrogens with zero attached hydrogens (tertiary/aromatic N) is 3. The number of nitrogen functional groups attached to an aromatic ring is 1. The molecule has 18 heavy (non-hydrogen) atoms. The summed E-state index contributed by atoms with van der Waals surface area (Å²) in [6.07, 6.45) is 1.04. The van der Waals surface area contributed by atoms with E-state index in [2.05, 4.69) is 41.0 Å². The number of anilines is 2. The van der Waals surface area contributed by atoms with Gasteiger partial charge in [0.1, 0.15) is 0 Å². The molecule has 0 radical (unpaired) electrons. The molecule has 0 fully saturated rings. The molecular formula is C12H23N5O. The Balaban J connectivity index is 2.73. The summed E-state index contributed by atoms with van der Waals surface area (Å²) in [6.45, 7) is 10.3. The minimum absolute atomic E-state index is 0.00716. The van der Waals surface area contributed by atoms with Gasteiger partial charge in [-0.3, -0.25) is 0 Å². The van der Waals surface area contributed by atoms with E-state index in [9.17, 15) is 0 Å². The zero-order valence-electron chi connectivity index (χ0n) is 11.8. The molecule has 0 aliphatic rings. The molecule has 0 bridgehead atoms. The molecule has 3 N–H and O–H groups in total. The van der Waals surface area contributed by atoms with Crippen molar-refractivity contribution in [2.75, 3.05) is 11.1 Å². The Labute approximate surface area is 108 Å². The van der Waals surface area contributed by atoms with Gasteiger partial charge in [0.25, 0.3) is 0 Å². The molecule has 0 aliphatic carbocycles. The molecule has 6 nitrogen and oxygen atoms in total. The minimum atomic E-state index is 0.00716. The standard InChI is InChI=1S/C12H23N5O/c1-7(2)6-9(5)14-11-15-10(13)16-12(17-11)18-8(3)4/h7-9H,6H2,1-5H3,(H3,13,14,15,16,17). The van der Waals surface area contributed by atoms with Crippen LogP contribution >= 0.6 is 0 Å². The van der Waals surface area contributed by atoms with E-state index in [1.165, 1.54) is 0 Å². The predicted octanol–water partition coefficient (Wildman–Crippen LogP) is 2.09. The molecule has 1 aromatic rings. The first-order chi connectivity index (χ1) is 8.36. The number of ether oxygens (including phenoxy) is 1. The maximum Gasteiger partial charge on any atom is 0.323 e. The van der Waals surface area contributed by atoms with Gasteiger partial charge in [-0.1, -0.05) is 13.8 Å². The highest BCUT2D eigenvalue weighted by Crippen LogP contribution is 2.13. The molecule has 102 valence electrons. The van der Waals surface area contributed by atoms with Gasteiger partial charge >= 0.3 is 6.01 Å². The lowest BCUT2D eigenvalue weighted by molar-refractivity contribution is 0.222. The van der Waals surface area contributed by atoms with Gasteiger partial charge in [-0.15, -0.1) is 0 Å². The third kappa shape index (κ3) is 5.16. The number of aromatic nitrogens is 3. The SMILES string of the molecule is CC(C)CC(C)Nc1nc(N)nc(OC(C)C)n1. The third-order valence-corrected chi connectivity index (χ3v) is 2.17. The van der Waals surface area contributed by atoms with Crippen molar-refractivity contribution in [2.45, 2.75) is 53.2 Å². The number of hydrogen-bond acceptors (Lipinski definition) is 6. The lowest BCUT2D eigenvalue weighted by atomic mass is 10.1. The highest BCUT2D eigenvalue weighted by Gasteiger charge is 2.10. The van der Waals surface area contributed by atoms with Crippen molar-refractivity contribution in [3.8, 4) is 6.01 Å². The van der Waals surface area contributed by atoms with E-state index in [1.54, 1.807) is 0 Å². The number of hydrogen-bond donors (Lipinski definition) is 2. The molecule has 0 saturated heterocycles. The van der Waals surface area contributed by atoms with E-state index in [-0.39, 0.29) is 24.1 Å². The van der Waals surface area contributed by atoms with Crippen LogP contribution in [-0.4, -0.2) is 27.1 Å². The molecule has 1 heterocycles. The summed E-state index contributed by atoms with van der Waals surface area (Å²) in [4.78, 5) is 12.2. The van der Waals surface area contributed by atoms with Crippen LogP contribution in [0.2, 0.25) is 0 Å². The Hall–Kier alpha value is -1.59. The summed E-state index contributed by atoms with van der Waals surface area (Å²) in [6, 6.07) is 0.537. The Morgan fingerprint density at radius 1 is 1.11 bits per heavy atom. The molecule has 0 saturated carbocycles. The molecule has 1 atom stereocenters. The smallest absolute Gasteiger partial charge is 0.323 e. The zero-order valence-corrected chi connectivity index (χ0v) is 11.8. The second-order valence-corrected chi connectivity index (χ2v) is 5.14. The number of nitrogens with one attached hydrogen (secondary N) is 1. The summed E-state index contributed by atoms with van der Waals surface area (Å²) < 4.78 is 5.42. The first kappa shape index (κ1) is 14.5. The summed E-state index contributed by atoms with van der Waals surface area (Å²) in [5.74, 6) is 1.24. The van der Waals surface area contributed by atoms with Crippen LogP contribution in [-0.2, 0) is 0 Å². The quantitative estimate of drug-likeness (QED) is 0.807. The normalized spacial score (nSPS) is 12.8. The third-order valence-electron chi connectivity index (χ3n) is 2.17. The summed E-state index contributed by atoms with van der Waals surface area (Å²) in [5, 5.41) is 3.21. The Kier molecular flexibility index (Phi) is 5.12. The summed E-state index contributed by atoms with van der Waals surface area (Å²) in [5.41, 5.74) is 5.63. The van der Waals surface area contributed by atoms with Gasteiger partial charge in [0, 0.05) is 6.04 Å². The van der Waals surface area contributed by atoms with Crippen LogP contribution in [0.4, 0.5) is 11.9 Å². The lowest BCUT2D eigenvalue weighted by Gasteiger charge is -2.16. The van der Waals surface area contributed by atoms with Crippen molar-refractivity contribution in [3.05, 3.63) is 0 Å². The number of rotatable bonds is 6. The van der Waals surface area contributed by atoms with Gasteiger partial charge in [0.2, 0.25) is 11.9 Å². The molecule has 1 rings (SSSR count). The first-order valence-corrected chi connectivity index (χ1v) is 6.31. The average molecular weight is 253 g/mol. The van der Waals surface area contributed by atoms with Crippen molar-refractivity contribution in [1.82, 2.24) is 15.0 Å². The van der Waals surface area contributed by atoms with Crippen molar-refractivity contribution in [3.63, 3.8) is 0 Å². The van der Waals surface area contributed by atoms with E-state index >= 15 is 0 Å². The number of nitrogens with two attached hydrogens (primary N) is 1. The van der Waals surface area contributed by atoms with Crippen molar-refractivity contribution < 1.29 is 4.74 Å². The monoisotopic (exact) mass is 253 g/mol. The maximum absolute atomic E-state index is 5.63. The Morgan fingerprint density at radius 3 is 2.33 bits per heavy atom. The van der Waals surface area contributed by atoms with Crippen LogP contribution in [0, 0.1) is 5.92 Å². The fourth-order valence-corrected chi connectivity index (χ4v) is 1.69. The molecule has 0 aromatic carbocycles. The van der Waals surface area contributed by atoms with Gasteiger partial charge in [-0.25, -0.2) is 0 Å². The fourth-order valence-electron chi connectivity index (χ4n) is 1.69. The molecule has 1 unspecified atom stereocenters. The topological polar surface area (TPSA) is 86.0 Å². The largest absolute Gasteiger partial charge is 0.461 e. The van der Waals surface area contributed by atoms with Crippen LogP contribution < -0.4 is 15.8 Å². The van der Waals surface area contributed by atoms with Gasteiger partial charge in [-0.05, 0) is 33.1 Å². The van der Waals surface area contributed by atoms with Crippen molar-refractivity contribution in [1.29, 1.82) is 0 Å². The Bertz CT molecular complexity index is 381. The minimum Gasteiger partial charge on any atom is -0.461 e. The second-order valence-electron chi connectivity index (χ2n) is 5.14. The fraction of sp³-hybridized carbons (Fsp3) is 0.750. The van der Waals surface area contributed by atoms with E-state index in [0.717, 1.165) is 6.42 Å². The molecule has 1 aromatic heterocycles. The van der Waals surface area contributed by atoms with E-state index in [0.29, 0.717) is 11.9 Å². The molecular weight excluding hydrogens is 230 g/mol. The average Bonchev–Trinajstić information content (AvgIpc) is 2.12. The van der Waals surface area contributed by atoms with E-state index in [4.69, 9.17) is 10.5 Å². The highest BCUT2D eigenvalue weighted by molar-refractivity contribution is 5.33. The van der Waals surface area contributed by atoms with Crippen LogP contribution in [0.5, 0.6) is 6.01 Å². The van der Waals surface area contributed by atoms with Crippen molar-refractivity contribution in [2.24, 2.45) is 5.92 Å². The van der Waals surface area contributed by atoms with Gasteiger partial charge in [-0.2, -0.15) is 15.0 Å². The molecule has 0 amide bonds. The predicted molar refractivity (Wildman–Crippen MR) is 72.5 cm³/mol. The second kappa shape index (κ2) is 6.37. The van der Waals surface area contributed by atoms with Crippen LogP contribution in [0.25, 0.3) is 0 Å². The summed E-state index contributed by atoms with van der Waals surface area (Å²) in [7, 11) is 0. The van der Waals surface area contributed by atoms with Gasteiger partial charge < -0.3 is 15.8 Å². The van der Waals surface area contributed by atoms with Crippen LogP contribution in [0.15, 0.2) is 0 Å². The maximum atomic E-state index is 5.63.